The maximum Gasteiger partial charge on any atom is 0.255 e. The number of aryl methyl sites for hydroxylation is 2. The van der Waals surface area contributed by atoms with Gasteiger partial charge in [0.25, 0.3) is 5.91 Å². The summed E-state index contributed by atoms with van der Waals surface area (Å²) in [6.45, 7) is 10.1. The van der Waals surface area contributed by atoms with Gasteiger partial charge < -0.3 is 20.1 Å². The summed E-state index contributed by atoms with van der Waals surface area (Å²) >= 11 is 0. The Hall–Kier alpha value is -3.99. The number of anilines is 2. The van der Waals surface area contributed by atoms with Gasteiger partial charge in [-0.3, -0.25) is 4.79 Å². The fourth-order valence-corrected chi connectivity index (χ4v) is 5.77. The van der Waals surface area contributed by atoms with Crippen molar-refractivity contribution >= 4 is 28.7 Å². The molecule has 6 rings (SSSR count). The number of imidazole rings is 1. The van der Waals surface area contributed by atoms with E-state index in [-0.39, 0.29) is 34.7 Å². The Bertz CT molecular complexity index is 1640. The molecule has 0 bridgehead atoms. The van der Waals surface area contributed by atoms with Crippen molar-refractivity contribution in [3.8, 4) is 11.3 Å². The van der Waals surface area contributed by atoms with Crippen LogP contribution in [-0.4, -0.2) is 61.0 Å². The summed E-state index contributed by atoms with van der Waals surface area (Å²) < 4.78 is 31.9. The van der Waals surface area contributed by atoms with Crippen LogP contribution in [0.2, 0.25) is 0 Å². The van der Waals surface area contributed by atoms with Crippen LogP contribution >= 0.6 is 0 Å². The average Bonchev–Trinajstić information content (AvgIpc) is 3.73. The zero-order chi connectivity index (χ0) is 29.5. The number of amides is 1. The minimum Gasteiger partial charge on any atom is -0.338 e. The summed E-state index contributed by atoms with van der Waals surface area (Å²) in [5.74, 6) is 0.787. The van der Waals surface area contributed by atoms with Crippen molar-refractivity contribution in [2.24, 2.45) is 5.92 Å². The molecule has 1 saturated carbocycles. The van der Waals surface area contributed by atoms with Crippen molar-refractivity contribution in [3.05, 3.63) is 59.2 Å². The number of carbonyl (C=O) groups is 1. The first-order valence-electron chi connectivity index (χ1n) is 14.7. The molecule has 1 amide bonds. The summed E-state index contributed by atoms with van der Waals surface area (Å²) in [5, 5.41) is 6.65. The number of nitrogens with zero attached hydrogens (tertiary/aromatic N) is 6. The summed E-state index contributed by atoms with van der Waals surface area (Å²) in [5.41, 5.74) is 2.17. The quantitative estimate of drug-likeness (QED) is 0.278. The molecule has 3 aromatic heterocycles. The Kier molecular flexibility index (Phi) is 7.61. The molecule has 1 aliphatic carbocycles. The van der Waals surface area contributed by atoms with Gasteiger partial charge in [-0.25, -0.2) is 28.7 Å². The predicted octanol–water partition coefficient (Wildman–Crippen LogP) is 5.71. The molecule has 4 heterocycles. The zero-order valence-electron chi connectivity index (χ0n) is 24.4. The molecule has 4 aromatic rings. The van der Waals surface area contributed by atoms with Crippen molar-refractivity contribution in [2.45, 2.75) is 65.5 Å². The van der Waals surface area contributed by atoms with Crippen molar-refractivity contribution in [2.75, 3.05) is 25.0 Å². The number of likely N-dealkylation sites (tertiary alicyclic amines) is 1. The average molecular weight is 575 g/mol. The fourth-order valence-electron chi connectivity index (χ4n) is 5.77. The van der Waals surface area contributed by atoms with Crippen molar-refractivity contribution in [1.29, 1.82) is 0 Å². The molecule has 2 N–H and O–H groups in total. The van der Waals surface area contributed by atoms with E-state index >= 15 is 4.39 Å². The first-order valence-corrected chi connectivity index (χ1v) is 14.7. The summed E-state index contributed by atoms with van der Waals surface area (Å²) in [4.78, 5) is 32.5. The second kappa shape index (κ2) is 11.4. The maximum atomic E-state index is 15.0. The van der Waals surface area contributed by atoms with Crippen molar-refractivity contribution in [1.82, 2.24) is 34.7 Å². The van der Waals surface area contributed by atoms with Gasteiger partial charge in [-0.05, 0) is 90.1 Å². The van der Waals surface area contributed by atoms with Gasteiger partial charge in [0.05, 0.1) is 23.0 Å². The molecule has 2 aliphatic rings. The molecule has 9 nitrogen and oxygen atoms in total. The minimum atomic E-state index is -0.678. The van der Waals surface area contributed by atoms with Gasteiger partial charge >= 0.3 is 0 Å². The van der Waals surface area contributed by atoms with E-state index in [0.717, 1.165) is 44.6 Å². The third kappa shape index (κ3) is 5.70. The third-order valence-corrected chi connectivity index (χ3v) is 8.19. The number of aromatic nitrogens is 5. The van der Waals surface area contributed by atoms with E-state index in [4.69, 9.17) is 0 Å². The van der Waals surface area contributed by atoms with Gasteiger partial charge in [-0.2, -0.15) is 0 Å². The molecule has 0 unspecified atom stereocenters. The Balaban J connectivity index is 1.18. The molecular formula is C31H36F2N8O. The number of pyridine rings is 1. The number of nitrogens with one attached hydrogen (secondary N) is 2. The van der Waals surface area contributed by atoms with E-state index in [9.17, 15) is 9.18 Å². The highest BCUT2D eigenvalue weighted by atomic mass is 19.1. The lowest BCUT2D eigenvalue weighted by Crippen LogP contribution is -2.45. The van der Waals surface area contributed by atoms with Gasteiger partial charge in [-0.1, -0.05) is 0 Å². The van der Waals surface area contributed by atoms with E-state index in [2.05, 4.69) is 30.6 Å². The monoisotopic (exact) mass is 574 g/mol. The van der Waals surface area contributed by atoms with Gasteiger partial charge in [-0.15, -0.1) is 0 Å². The van der Waals surface area contributed by atoms with Crippen LogP contribution in [0.5, 0.6) is 0 Å². The lowest BCUT2D eigenvalue weighted by Gasteiger charge is -2.33. The molecule has 0 spiro atoms. The van der Waals surface area contributed by atoms with E-state index in [1.165, 1.54) is 18.9 Å². The Morgan fingerprint density at radius 2 is 1.79 bits per heavy atom. The SMILES string of the molecule is Cc1nc(Nc2ncc(F)c(-c3cc(F)c4nc(C)n(C(C)C)c4c3)n2)ccc1C(=O)N1CCC(NCC2CC2)CC1. The summed E-state index contributed by atoms with van der Waals surface area (Å²) in [7, 11) is 0. The van der Waals surface area contributed by atoms with E-state index in [1.807, 2.05) is 30.2 Å². The molecule has 2 fully saturated rings. The molecule has 220 valence electrons. The molecule has 11 heteroatoms. The number of carbonyl (C=O) groups excluding carboxylic acids is 1. The maximum absolute atomic E-state index is 15.0. The van der Waals surface area contributed by atoms with E-state index < -0.39 is 11.6 Å². The molecule has 0 radical (unpaired) electrons. The second-order valence-electron chi connectivity index (χ2n) is 11.7. The van der Waals surface area contributed by atoms with Gasteiger partial charge in [0, 0.05) is 30.7 Å². The lowest BCUT2D eigenvalue weighted by atomic mass is 10.0. The van der Waals surface area contributed by atoms with Crippen molar-refractivity contribution < 1.29 is 13.6 Å². The molecule has 0 atom stereocenters. The Morgan fingerprint density at radius 1 is 1.02 bits per heavy atom. The molecule has 42 heavy (non-hydrogen) atoms. The first-order chi connectivity index (χ1) is 20.2. The van der Waals surface area contributed by atoms with E-state index in [0.29, 0.717) is 34.5 Å². The van der Waals surface area contributed by atoms with Crippen LogP contribution in [0.1, 0.15) is 67.4 Å². The van der Waals surface area contributed by atoms with Gasteiger partial charge in [0.1, 0.15) is 22.9 Å². The fraction of sp³-hybridized carbons (Fsp3) is 0.452. The van der Waals surface area contributed by atoms with Gasteiger partial charge in [0.2, 0.25) is 5.95 Å². The number of fused-ring (bicyclic) bond motifs is 1. The number of halogens is 2. The normalized spacial score (nSPS) is 16.0. The molecule has 1 aliphatic heterocycles. The van der Waals surface area contributed by atoms with Crippen LogP contribution in [0.3, 0.4) is 0 Å². The van der Waals surface area contributed by atoms with E-state index in [1.54, 1.807) is 25.1 Å². The summed E-state index contributed by atoms with van der Waals surface area (Å²) in [6.07, 6.45) is 5.61. The number of piperidine rings is 1. The standard InChI is InChI=1S/C31H36F2N8O/c1-17(2)41-19(4)37-29-24(32)13-21(14-26(29)41)28-25(33)16-35-31(39-28)38-27-8-7-23(18(3)36-27)30(42)40-11-9-22(10-12-40)34-15-20-5-6-20/h7-8,13-14,16-17,20,22,34H,5-6,9-12,15H2,1-4H3,(H,35,36,38,39). The smallest absolute Gasteiger partial charge is 0.255 e. The van der Waals surface area contributed by atoms with Crippen LogP contribution in [-0.2, 0) is 0 Å². The lowest BCUT2D eigenvalue weighted by molar-refractivity contribution is 0.0703. The third-order valence-electron chi connectivity index (χ3n) is 8.19. The number of hydrogen-bond acceptors (Lipinski definition) is 7. The highest BCUT2D eigenvalue weighted by Gasteiger charge is 2.27. The topological polar surface area (TPSA) is 101 Å². The highest BCUT2D eigenvalue weighted by molar-refractivity contribution is 5.95. The molecule has 1 saturated heterocycles. The van der Waals surface area contributed by atoms with Gasteiger partial charge in [0.15, 0.2) is 11.6 Å². The van der Waals surface area contributed by atoms with Crippen LogP contribution in [0.25, 0.3) is 22.3 Å². The first kappa shape index (κ1) is 28.1. The molecule has 1 aromatic carbocycles. The number of hydrogen-bond donors (Lipinski definition) is 2. The Labute approximate surface area is 243 Å². The second-order valence-corrected chi connectivity index (χ2v) is 11.7. The zero-order valence-corrected chi connectivity index (χ0v) is 24.4. The van der Waals surface area contributed by atoms with Crippen molar-refractivity contribution in [3.63, 3.8) is 0 Å². The summed E-state index contributed by atoms with van der Waals surface area (Å²) in [6, 6.07) is 6.88. The number of benzene rings is 1. The predicted molar refractivity (Wildman–Crippen MR) is 158 cm³/mol. The number of rotatable bonds is 8. The largest absolute Gasteiger partial charge is 0.338 e. The van der Waals surface area contributed by atoms with Crippen LogP contribution in [0.15, 0.2) is 30.5 Å². The molecular weight excluding hydrogens is 538 g/mol. The van der Waals surface area contributed by atoms with Crippen LogP contribution in [0, 0.1) is 31.4 Å². The van der Waals surface area contributed by atoms with Crippen LogP contribution < -0.4 is 10.6 Å². The van der Waals surface area contributed by atoms with Crippen LogP contribution in [0.4, 0.5) is 20.5 Å². The Morgan fingerprint density at radius 3 is 2.48 bits per heavy atom. The minimum absolute atomic E-state index is 0.0270. The highest BCUT2D eigenvalue weighted by Crippen LogP contribution is 2.31.